The van der Waals surface area contributed by atoms with Crippen molar-refractivity contribution in [1.82, 2.24) is 0 Å². The molecule has 0 aliphatic carbocycles. The Morgan fingerprint density at radius 2 is 0.971 bits per heavy atom. The standard InChI is InChI=1S/C26H36N2O6/c1-31-19-13-15-25(33-3)21(17-19)23(27-29)11-9-7-5-6-8-10-12-24(28-30)22-18-20(32-2)14-16-26(22)34-4/h13-18,29-30H,5-12H2,1-4H3/b27-23-,28-24-. The van der Waals surface area contributed by atoms with Gasteiger partial charge < -0.3 is 29.4 Å². The van der Waals surface area contributed by atoms with Gasteiger partial charge in [-0.3, -0.25) is 0 Å². The molecule has 0 radical (unpaired) electrons. The van der Waals surface area contributed by atoms with Gasteiger partial charge in [-0.25, -0.2) is 0 Å². The molecule has 2 aromatic rings. The van der Waals surface area contributed by atoms with Gasteiger partial charge in [0.15, 0.2) is 0 Å². The van der Waals surface area contributed by atoms with Gasteiger partial charge in [0.25, 0.3) is 0 Å². The van der Waals surface area contributed by atoms with Gasteiger partial charge in [0.2, 0.25) is 0 Å². The predicted octanol–water partition coefficient (Wildman–Crippen LogP) is 5.90. The number of hydrogen-bond donors (Lipinski definition) is 2. The summed E-state index contributed by atoms with van der Waals surface area (Å²) in [6.07, 6.45) is 7.30. The van der Waals surface area contributed by atoms with E-state index in [1.54, 1.807) is 28.4 Å². The lowest BCUT2D eigenvalue weighted by Gasteiger charge is -2.12. The Labute approximate surface area is 201 Å². The highest BCUT2D eigenvalue weighted by Gasteiger charge is 2.14. The molecule has 0 atom stereocenters. The molecular formula is C26H36N2O6. The quantitative estimate of drug-likeness (QED) is 0.145. The van der Waals surface area contributed by atoms with E-state index in [9.17, 15) is 10.4 Å². The van der Waals surface area contributed by atoms with Crippen LogP contribution in [0.2, 0.25) is 0 Å². The highest BCUT2D eigenvalue weighted by molar-refractivity contribution is 6.03. The Hall–Kier alpha value is -3.42. The van der Waals surface area contributed by atoms with Crippen LogP contribution in [0.1, 0.15) is 62.5 Å². The van der Waals surface area contributed by atoms with Gasteiger partial charge in [-0.1, -0.05) is 36.0 Å². The summed E-state index contributed by atoms with van der Waals surface area (Å²) < 4.78 is 21.4. The molecule has 0 bridgehead atoms. The number of unbranched alkanes of at least 4 members (excludes halogenated alkanes) is 5. The van der Waals surface area contributed by atoms with E-state index in [2.05, 4.69) is 10.3 Å². The second kappa shape index (κ2) is 14.7. The molecule has 0 aliphatic rings. The van der Waals surface area contributed by atoms with Gasteiger partial charge in [0.1, 0.15) is 23.0 Å². The fourth-order valence-electron chi connectivity index (χ4n) is 3.85. The van der Waals surface area contributed by atoms with Gasteiger partial charge in [-0.2, -0.15) is 0 Å². The second-order valence-electron chi connectivity index (χ2n) is 7.85. The number of oxime groups is 2. The molecule has 2 rings (SSSR count). The Morgan fingerprint density at radius 1 is 0.588 bits per heavy atom. The first-order valence-corrected chi connectivity index (χ1v) is 11.5. The third kappa shape index (κ3) is 7.57. The first-order chi connectivity index (χ1) is 16.6. The van der Waals surface area contributed by atoms with Crippen molar-refractivity contribution in [3.05, 3.63) is 47.5 Å². The maximum absolute atomic E-state index is 9.52. The van der Waals surface area contributed by atoms with Crippen molar-refractivity contribution in [1.29, 1.82) is 0 Å². The SMILES string of the molecule is COc1ccc(OC)c(/C(CCCCCCCC/C(=N/O)c2cc(OC)ccc2OC)=N\O)c1. The van der Waals surface area contributed by atoms with Crippen LogP contribution in [0, 0.1) is 0 Å². The average molecular weight is 473 g/mol. The van der Waals surface area contributed by atoms with E-state index in [-0.39, 0.29) is 0 Å². The van der Waals surface area contributed by atoms with E-state index in [4.69, 9.17) is 18.9 Å². The molecule has 0 heterocycles. The Balaban J connectivity index is 1.76. The summed E-state index contributed by atoms with van der Waals surface area (Å²) in [5, 5.41) is 26.0. The molecule has 186 valence electrons. The average Bonchev–Trinajstić information content (AvgIpc) is 2.89. The summed E-state index contributed by atoms with van der Waals surface area (Å²) in [7, 11) is 6.39. The van der Waals surface area contributed by atoms with E-state index >= 15 is 0 Å². The fraction of sp³-hybridized carbons (Fsp3) is 0.462. The summed E-state index contributed by atoms with van der Waals surface area (Å²) in [4.78, 5) is 0. The van der Waals surface area contributed by atoms with Crippen molar-refractivity contribution in [3.8, 4) is 23.0 Å². The Kier molecular flexibility index (Phi) is 11.6. The van der Waals surface area contributed by atoms with E-state index < -0.39 is 0 Å². The topological polar surface area (TPSA) is 102 Å². The maximum atomic E-state index is 9.52. The lowest BCUT2D eigenvalue weighted by molar-refractivity contribution is 0.317. The van der Waals surface area contributed by atoms with E-state index in [0.717, 1.165) is 49.7 Å². The van der Waals surface area contributed by atoms with Gasteiger partial charge in [0, 0.05) is 11.1 Å². The van der Waals surface area contributed by atoms with Crippen LogP contribution in [0.25, 0.3) is 0 Å². The molecule has 0 aromatic heterocycles. The summed E-state index contributed by atoms with van der Waals surface area (Å²) in [5.74, 6) is 2.69. The lowest BCUT2D eigenvalue weighted by Crippen LogP contribution is -2.05. The summed E-state index contributed by atoms with van der Waals surface area (Å²) in [6, 6.07) is 10.9. The number of rotatable bonds is 15. The molecule has 34 heavy (non-hydrogen) atoms. The molecule has 8 nitrogen and oxygen atoms in total. The van der Waals surface area contributed by atoms with Crippen molar-refractivity contribution in [2.75, 3.05) is 28.4 Å². The molecule has 0 fully saturated rings. The van der Waals surface area contributed by atoms with Crippen molar-refractivity contribution in [2.24, 2.45) is 10.3 Å². The normalized spacial score (nSPS) is 11.9. The van der Waals surface area contributed by atoms with Gasteiger partial charge >= 0.3 is 0 Å². The fourth-order valence-corrected chi connectivity index (χ4v) is 3.85. The van der Waals surface area contributed by atoms with Crippen molar-refractivity contribution in [3.63, 3.8) is 0 Å². The van der Waals surface area contributed by atoms with Crippen LogP contribution >= 0.6 is 0 Å². The van der Waals surface area contributed by atoms with Crippen LogP contribution in [0.4, 0.5) is 0 Å². The predicted molar refractivity (Wildman–Crippen MR) is 133 cm³/mol. The van der Waals surface area contributed by atoms with Crippen LogP contribution in [-0.4, -0.2) is 50.3 Å². The summed E-state index contributed by atoms with van der Waals surface area (Å²) >= 11 is 0. The second-order valence-corrected chi connectivity index (χ2v) is 7.85. The van der Waals surface area contributed by atoms with E-state index in [0.29, 0.717) is 47.3 Å². The molecule has 0 unspecified atom stereocenters. The highest BCUT2D eigenvalue weighted by Crippen LogP contribution is 2.28. The maximum Gasteiger partial charge on any atom is 0.128 e. The summed E-state index contributed by atoms with van der Waals surface area (Å²) in [5.41, 5.74) is 2.67. The first-order valence-electron chi connectivity index (χ1n) is 11.5. The van der Waals surface area contributed by atoms with Crippen LogP contribution in [0.3, 0.4) is 0 Å². The lowest BCUT2D eigenvalue weighted by atomic mass is 10.00. The van der Waals surface area contributed by atoms with Gasteiger partial charge in [-0.05, 0) is 62.1 Å². The largest absolute Gasteiger partial charge is 0.497 e. The van der Waals surface area contributed by atoms with Crippen molar-refractivity contribution in [2.45, 2.75) is 51.4 Å². The van der Waals surface area contributed by atoms with Crippen LogP contribution < -0.4 is 18.9 Å². The number of hydrogen-bond acceptors (Lipinski definition) is 8. The minimum atomic E-state index is 0.590. The smallest absolute Gasteiger partial charge is 0.128 e. The minimum absolute atomic E-state index is 0.590. The molecule has 8 heteroatoms. The zero-order valence-electron chi connectivity index (χ0n) is 20.5. The molecule has 0 saturated carbocycles. The zero-order valence-corrected chi connectivity index (χ0v) is 20.5. The third-order valence-corrected chi connectivity index (χ3v) is 5.75. The van der Waals surface area contributed by atoms with Crippen molar-refractivity contribution >= 4 is 11.4 Å². The monoisotopic (exact) mass is 472 g/mol. The number of benzene rings is 2. The molecule has 2 N–H and O–H groups in total. The highest BCUT2D eigenvalue weighted by atomic mass is 16.5. The van der Waals surface area contributed by atoms with Crippen LogP contribution in [0.15, 0.2) is 46.7 Å². The Morgan fingerprint density at radius 3 is 1.29 bits per heavy atom. The summed E-state index contributed by atoms with van der Waals surface area (Å²) in [6.45, 7) is 0. The first kappa shape index (κ1) is 26.8. The van der Waals surface area contributed by atoms with E-state index in [1.165, 1.54) is 0 Å². The van der Waals surface area contributed by atoms with Crippen LogP contribution in [-0.2, 0) is 0 Å². The molecular weight excluding hydrogens is 436 g/mol. The van der Waals surface area contributed by atoms with E-state index in [1.807, 2.05) is 36.4 Å². The Bertz CT molecular complexity index is 881. The third-order valence-electron chi connectivity index (χ3n) is 5.75. The van der Waals surface area contributed by atoms with Gasteiger partial charge in [-0.15, -0.1) is 0 Å². The minimum Gasteiger partial charge on any atom is -0.497 e. The number of ether oxygens (including phenoxy) is 4. The molecule has 0 aliphatic heterocycles. The molecule has 0 amide bonds. The van der Waals surface area contributed by atoms with Crippen LogP contribution in [0.5, 0.6) is 23.0 Å². The molecule has 0 spiro atoms. The molecule has 0 saturated heterocycles. The van der Waals surface area contributed by atoms with Crippen molar-refractivity contribution < 1.29 is 29.4 Å². The number of methoxy groups -OCH3 is 4. The number of nitrogens with zero attached hydrogens (tertiary/aromatic N) is 2. The van der Waals surface area contributed by atoms with Gasteiger partial charge in [0.05, 0.1) is 39.9 Å². The molecule has 2 aromatic carbocycles. The zero-order chi connectivity index (χ0) is 24.8.